The molecule has 2 nitrogen and oxygen atoms in total. The zero-order valence-corrected chi connectivity index (χ0v) is 6.95. The van der Waals surface area contributed by atoms with E-state index in [1.165, 1.54) is 0 Å². The summed E-state index contributed by atoms with van der Waals surface area (Å²) in [4.78, 5) is 11.1. The van der Waals surface area contributed by atoms with Gasteiger partial charge in [0.05, 0.1) is 0 Å². The lowest BCUT2D eigenvalue weighted by Gasteiger charge is -2.06. The lowest BCUT2D eigenvalue weighted by Crippen LogP contribution is -2.20. The first-order valence-corrected chi connectivity index (χ1v) is 3.85. The maximum Gasteiger partial charge on any atom is 0.250 e. The van der Waals surface area contributed by atoms with Crippen molar-refractivity contribution in [3.8, 4) is 0 Å². The van der Waals surface area contributed by atoms with Crippen molar-refractivity contribution in [3.63, 3.8) is 0 Å². The Kier molecular flexibility index (Phi) is 2.47. The molecular weight excluding hydrogens is 138 g/mol. The minimum absolute atomic E-state index is 0.0844. The Bertz CT molecular complexity index is 275. The Morgan fingerprint density at radius 1 is 1.45 bits per heavy atom. The van der Waals surface area contributed by atoms with Crippen molar-refractivity contribution < 1.29 is 0 Å². The third-order valence-corrected chi connectivity index (χ3v) is 1.46. The number of hydrogen-bond acceptors (Lipinski definition) is 1. The van der Waals surface area contributed by atoms with Gasteiger partial charge in [-0.15, -0.1) is 0 Å². The molecule has 0 aliphatic rings. The molecule has 0 aromatic carbocycles. The van der Waals surface area contributed by atoms with E-state index in [1.54, 1.807) is 16.7 Å². The fourth-order valence-electron chi connectivity index (χ4n) is 1.00. The third-order valence-electron chi connectivity index (χ3n) is 1.46. The second-order valence-electron chi connectivity index (χ2n) is 3.09. The van der Waals surface area contributed by atoms with Crippen LogP contribution in [-0.4, -0.2) is 4.57 Å². The minimum atomic E-state index is 0.0844. The third kappa shape index (κ3) is 2.22. The number of rotatable bonds is 2. The predicted molar refractivity (Wildman–Crippen MR) is 45.5 cm³/mol. The monoisotopic (exact) mass is 151 g/mol. The van der Waals surface area contributed by atoms with Gasteiger partial charge in [-0.3, -0.25) is 4.79 Å². The Balaban J connectivity index is 2.87. The van der Waals surface area contributed by atoms with Gasteiger partial charge in [-0.2, -0.15) is 0 Å². The highest BCUT2D eigenvalue weighted by Crippen LogP contribution is 1.94. The van der Waals surface area contributed by atoms with Crippen LogP contribution in [0.15, 0.2) is 29.2 Å². The van der Waals surface area contributed by atoms with Crippen molar-refractivity contribution in [1.29, 1.82) is 0 Å². The average molecular weight is 151 g/mol. The van der Waals surface area contributed by atoms with Crippen LogP contribution in [0.25, 0.3) is 0 Å². The average Bonchev–Trinajstić information content (AvgIpc) is 1.93. The van der Waals surface area contributed by atoms with Gasteiger partial charge in [0.1, 0.15) is 0 Å². The molecule has 1 heterocycles. The molecule has 0 saturated heterocycles. The summed E-state index contributed by atoms with van der Waals surface area (Å²) in [5.74, 6) is 0.523. The predicted octanol–water partition coefficient (Wildman–Crippen LogP) is 1.50. The van der Waals surface area contributed by atoms with Crippen LogP contribution in [0.4, 0.5) is 0 Å². The van der Waals surface area contributed by atoms with Crippen LogP contribution in [-0.2, 0) is 6.54 Å². The van der Waals surface area contributed by atoms with Gasteiger partial charge >= 0.3 is 0 Å². The van der Waals surface area contributed by atoms with Gasteiger partial charge in [0.25, 0.3) is 5.56 Å². The van der Waals surface area contributed by atoms with Crippen LogP contribution >= 0.6 is 0 Å². The van der Waals surface area contributed by atoms with Gasteiger partial charge in [0, 0.05) is 18.8 Å². The van der Waals surface area contributed by atoms with Crippen LogP contribution < -0.4 is 5.56 Å². The van der Waals surface area contributed by atoms with Gasteiger partial charge < -0.3 is 4.57 Å². The van der Waals surface area contributed by atoms with Crippen LogP contribution in [0, 0.1) is 5.92 Å². The van der Waals surface area contributed by atoms with Gasteiger partial charge in [0.15, 0.2) is 0 Å². The van der Waals surface area contributed by atoms with E-state index in [1.807, 2.05) is 12.3 Å². The summed E-state index contributed by atoms with van der Waals surface area (Å²) in [6.45, 7) is 5.00. The van der Waals surface area contributed by atoms with E-state index in [9.17, 15) is 4.79 Å². The van der Waals surface area contributed by atoms with Crippen molar-refractivity contribution in [1.82, 2.24) is 4.57 Å². The summed E-state index contributed by atoms with van der Waals surface area (Å²) in [6.07, 6.45) is 1.82. The van der Waals surface area contributed by atoms with Crippen molar-refractivity contribution in [2.24, 2.45) is 5.92 Å². The first-order chi connectivity index (χ1) is 5.20. The lowest BCUT2D eigenvalue weighted by molar-refractivity contribution is 0.511. The van der Waals surface area contributed by atoms with E-state index in [0.29, 0.717) is 5.92 Å². The Morgan fingerprint density at radius 2 is 2.18 bits per heavy atom. The molecule has 0 saturated carbocycles. The van der Waals surface area contributed by atoms with Gasteiger partial charge in [-0.25, -0.2) is 0 Å². The number of hydrogen-bond donors (Lipinski definition) is 0. The standard InChI is InChI=1S/C9H13NO/c1-8(2)7-10-6-4-3-5-9(10)11/h3-6,8H,7H2,1-2H3. The molecule has 1 aromatic heterocycles. The van der Waals surface area contributed by atoms with E-state index in [-0.39, 0.29) is 5.56 Å². The number of aromatic nitrogens is 1. The van der Waals surface area contributed by atoms with E-state index < -0.39 is 0 Å². The van der Waals surface area contributed by atoms with Gasteiger partial charge in [-0.1, -0.05) is 19.9 Å². The van der Waals surface area contributed by atoms with Crippen molar-refractivity contribution in [3.05, 3.63) is 34.7 Å². The minimum Gasteiger partial charge on any atom is -0.315 e. The number of pyridine rings is 1. The van der Waals surface area contributed by atoms with Crippen molar-refractivity contribution in [2.75, 3.05) is 0 Å². The molecule has 0 aliphatic heterocycles. The maximum absolute atomic E-state index is 11.1. The topological polar surface area (TPSA) is 22.0 Å². The molecule has 0 aliphatic carbocycles. The SMILES string of the molecule is CC(C)Cn1ccccc1=O. The van der Waals surface area contributed by atoms with Gasteiger partial charge in [0.2, 0.25) is 0 Å². The fraction of sp³-hybridized carbons (Fsp3) is 0.444. The molecule has 0 radical (unpaired) electrons. The second-order valence-corrected chi connectivity index (χ2v) is 3.09. The molecule has 2 heteroatoms. The van der Waals surface area contributed by atoms with Crippen molar-refractivity contribution in [2.45, 2.75) is 20.4 Å². The summed E-state index contributed by atoms with van der Waals surface area (Å²) < 4.78 is 1.73. The maximum atomic E-state index is 11.1. The Hall–Kier alpha value is -1.05. The van der Waals surface area contributed by atoms with E-state index in [0.717, 1.165) is 6.54 Å². The molecule has 1 aromatic rings. The molecule has 0 atom stereocenters. The second kappa shape index (κ2) is 3.37. The van der Waals surface area contributed by atoms with Crippen LogP contribution in [0.1, 0.15) is 13.8 Å². The molecule has 0 N–H and O–H groups in total. The highest BCUT2D eigenvalue weighted by molar-refractivity contribution is 4.93. The molecule has 0 unspecified atom stereocenters. The van der Waals surface area contributed by atoms with Gasteiger partial charge in [-0.05, 0) is 12.0 Å². The smallest absolute Gasteiger partial charge is 0.250 e. The lowest BCUT2D eigenvalue weighted by atomic mass is 10.2. The molecule has 0 fully saturated rings. The summed E-state index contributed by atoms with van der Waals surface area (Å²) in [5.41, 5.74) is 0.0844. The molecular formula is C9H13NO. The highest BCUT2D eigenvalue weighted by Gasteiger charge is 1.95. The molecule has 0 spiro atoms. The summed E-state index contributed by atoms with van der Waals surface area (Å²) >= 11 is 0. The quantitative estimate of drug-likeness (QED) is 0.628. The first-order valence-electron chi connectivity index (χ1n) is 3.85. The van der Waals surface area contributed by atoms with E-state index >= 15 is 0 Å². The highest BCUT2D eigenvalue weighted by atomic mass is 16.1. The largest absolute Gasteiger partial charge is 0.315 e. The fourth-order valence-corrected chi connectivity index (χ4v) is 1.00. The van der Waals surface area contributed by atoms with E-state index in [2.05, 4.69) is 13.8 Å². The Labute approximate surface area is 66.5 Å². The molecule has 11 heavy (non-hydrogen) atoms. The van der Waals surface area contributed by atoms with Crippen molar-refractivity contribution >= 4 is 0 Å². The zero-order valence-electron chi connectivity index (χ0n) is 6.95. The molecule has 0 amide bonds. The number of nitrogens with zero attached hydrogens (tertiary/aromatic N) is 1. The molecule has 1 rings (SSSR count). The summed E-state index contributed by atoms with van der Waals surface area (Å²) in [7, 11) is 0. The Morgan fingerprint density at radius 3 is 2.73 bits per heavy atom. The normalized spacial score (nSPS) is 10.5. The van der Waals surface area contributed by atoms with E-state index in [4.69, 9.17) is 0 Å². The summed E-state index contributed by atoms with van der Waals surface area (Å²) in [6, 6.07) is 5.23. The molecule has 60 valence electrons. The van der Waals surface area contributed by atoms with Crippen LogP contribution in [0.3, 0.4) is 0 Å². The first kappa shape index (κ1) is 8.05. The van der Waals surface area contributed by atoms with Crippen LogP contribution in [0.2, 0.25) is 0 Å². The zero-order chi connectivity index (χ0) is 8.27. The molecule has 0 bridgehead atoms. The summed E-state index contributed by atoms with van der Waals surface area (Å²) in [5, 5.41) is 0. The van der Waals surface area contributed by atoms with Crippen LogP contribution in [0.5, 0.6) is 0 Å².